The van der Waals surface area contributed by atoms with Gasteiger partial charge >= 0.3 is 6.03 Å². The molecule has 0 aliphatic rings. The van der Waals surface area contributed by atoms with Gasteiger partial charge in [0.15, 0.2) is 5.03 Å². The minimum Gasteiger partial charge on any atom is -0.321 e. The lowest BCUT2D eigenvalue weighted by Crippen LogP contribution is -2.38. The number of nitrogens with zero attached hydrogens (tertiary/aromatic N) is 2. The van der Waals surface area contributed by atoms with Crippen molar-refractivity contribution in [3.8, 4) is 6.07 Å². The lowest BCUT2D eigenvalue weighted by atomic mass is 10.7. The van der Waals surface area contributed by atoms with E-state index >= 15 is 0 Å². The van der Waals surface area contributed by atoms with Gasteiger partial charge in [0.1, 0.15) is 6.54 Å². The number of nitriles is 1. The Bertz CT molecular complexity index is 183. The molecule has 0 aliphatic carbocycles. The first-order valence-corrected chi connectivity index (χ1v) is 2.22. The summed E-state index contributed by atoms with van der Waals surface area (Å²) in [6.07, 6.45) is 0. The van der Waals surface area contributed by atoms with Gasteiger partial charge < -0.3 is 5.32 Å². The van der Waals surface area contributed by atoms with E-state index in [2.05, 4.69) is 0 Å². The predicted molar refractivity (Wildman–Crippen MR) is 29.1 cm³/mol. The summed E-state index contributed by atoms with van der Waals surface area (Å²) in [4.78, 5) is 19.7. The molecule has 0 unspecified atom stereocenters. The molecule has 0 rings (SSSR count). The third kappa shape index (κ3) is 4.32. The minimum atomic E-state index is -1.01. The predicted octanol–water partition coefficient (Wildman–Crippen LogP) is -0.999. The molecule has 0 saturated heterocycles. The second-order valence-electron chi connectivity index (χ2n) is 1.21. The van der Waals surface area contributed by atoms with Gasteiger partial charge in [-0.25, -0.2) is 14.9 Å². The zero-order chi connectivity index (χ0) is 7.98. The van der Waals surface area contributed by atoms with Crippen molar-refractivity contribution in [2.24, 2.45) is 0 Å². The molecule has 0 aromatic carbocycles. The Hall–Kier alpha value is -1.84. The van der Waals surface area contributed by atoms with Gasteiger partial charge in [-0.05, 0) is 0 Å². The number of carbonyl (C=O) groups is 1. The molecule has 7 nitrogen and oxygen atoms in total. The van der Waals surface area contributed by atoms with Crippen molar-refractivity contribution in [1.29, 1.82) is 5.26 Å². The summed E-state index contributed by atoms with van der Waals surface area (Å²) in [5, 5.41) is 18.3. The summed E-state index contributed by atoms with van der Waals surface area (Å²) >= 11 is 0. The Morgan fingerprint density at radius 3 is 2.80 bits per heavy atom. The van der Waals surface area contributed by atoms with E-state index in [0.29, 0.717) is 0 Å². The number of amides is 2. The zero-order valence-electron chi connectivity index (χ0n) is 4.83. The van der Waals surface area contributed by atoms with Crippen LogP contribution in [0.5, 0.6) is 0 Å². The van der Waals surface area contributed by atoms with Crippen LogP contribution in [0.15, 0.2) is 0 Å². The van der Waals surface area contributed by atoms with E-state index in [1.54, 1.807) is 6.07 Å². The Morgan fingerprint density at radius 1 is 1.80 bits per heavy atom. The molecule has 0 heterocycles. The number of carbonyl (C=O) groups excluding carboxylic acids is 1. The fourth-order valence-corrected chi connectivity index (χ4v) is 0.242. The highest BCUT2D eigenvalue weighted by molar-refractivity contribution is 5.72. The molecular weight excluding hydrogens is 140 g/mol. The van der Waals surface area contributed by atoms with E-state index in [4.69, 9.17) is 5.26 Å². The van der Waals surface area contributed by atoms with E-state index in [0.717, 1.165) is 0 Å². The second-order valence-corrected chi connectivity index (χ2v) is 1.21. The van der Waals surface area contributed by atoms with Gasteiger partial charge in [0.25, 0.3) is 0 Å². The smallest absolute Gasteiger partial charge is 0.321 e. The van der Waals surface area contributed by atoms with Crippen molar-refractivity contribution in [2.45, 2.75) is 0 Å². The largest absolute Gasteiger partial charge is 0.373 e. The highest BCUT2D eigenvalue weighted by Crippen LogP contribution is 1.62. The first-order chi connectivity index (χ1) is 4.66. The molecule has 0 saturated carbocycles. The van der Waals surface area contributed by atoms with E-state index in [-0.39, 0.29) is 6.54 Å². The van der Waals surface area contributed by atoms with Crippen LogP contribution in [0.3, 0.4) is 0 Å². The van der Waals surface area contributed by atoms with Crippen molar-refractivity contribution in [1.82, 2.24) is 10.7 Å². The first-order valence-electron chi connectivity index (χ1n) is 2.22. The van der Waals surface area contributed by atoms with Gasteiger partial charge in [0.05, 0.1) is 6.07 Å². The summed E-state index contributed by atoms with van der Waals surface area (Å²) in [7, 11) is 0. The van der Waals surface area contributed by atoms with Crippen LogP contribution in [0.1, 0.15) is 0 Å². The molecule has 0 aliphatic heterocycles. The van der Waals surface area contributed by atoms with Crippen molar-refractivity contribution >= 4 is 6.03 Å². The second kappa shape index (κ2) is 4.08. The van der Waals surface area contributed by atoms with Gasteiger partial charge in [0, 0.05) is 0 Å². The maximum atomic E-state index is 10.2. The maximum Gasteiger partial charge on any atom is 0.373 e. The van der Waals surface area contributed by atoms with E-state index in [1.807, 2.05) is 5.32 Å². The van der Waals surface area contributed by atoms with Crippen LogP contribution in [-0.2, 0) is 0 Å². The van der Waals surface area contributed by atoms with E-state index in [9.17, 15) is 14.9 Å². The monoisotopic (exact) mass is 144 g/mol. The fourth-order valence-electron chi connectivity index (χ4n) is 0.242. The molecule has 0 fully saturated rings. The SMILES string of the molecule is N#CCNC(=O)N[N+](=O)[O-]. The summed E-state index contributed by atoms with van der Waals surface area (Å²) in [6.45, 7) is -0.250. The maximum absolute atomic E-state index is 10.2. The summed E-state index contributed by atoms with van der Waals surface area (Å²) in [5.41, 5.74) is 1.30. The van der Waals surface area contributed by atoms with Crippen LogP contribution in [0, 0.1) is 21.4 Å². The average molecular weight is 144 g/mol. The van der Waals surface area contributed by atoms with Crippen molar-refractivity contribution in [3.05, 3.63) is 10.1 Å². The van der Waals surface area contributed by atoms with Crippen LogP contribution >= 0.6 is 0 Å². The van der Waals surface area contributed by atoms with Crippen LogP contribution < -0.4 is 10.7 Å². The van der Waals surface area contributed by atoms with E-state index < -0.39 is 11.1 Å². The molecule has 10 heavy (non-hydrogen) atoms. The number of nitro groups is 1. The van der Waals surface area contributed by atoms with Gasteiger partial charge in [-0.1, -0.05) is 5.43 Å². The summed E-state index contributed by atoms with van der Waals surface area (Å²) in [5.74, 6) is 0. The topological polar surface area (TPSA) is 108 Å². The molecule has 0 bridgehead atoms. The highest BCUT2D eigenvalue weighted by atomic mass is 16.7. The highest BCUT2D eigenvalue weighted by Gasteiger charge is 2.03. The van der Waals surface area contributed by atoms with Gasteiger partial charge in [-0.2, -0.15) is 5.26 Å². The van der Waals surface area contributed by atoms with Crippen molar-refractivity contribution in [2.75, 3.05) is 6.54 Å². The number of hydrogen-bond acceptors (Lipinski definition) is 4. The molecule has 0 aromatic heterocycles. The lowest BCUT2D eigenvalue weighted by Gasteiger charge is -1.93. The summed E-state index contributed by atoms with van der Waals surface area (Å²) < 4.78 is 0. The average Bonchev–Trinajstić information content (AvgIpc) is 1.82. The van der Waals surface area contributed by atoms with Crippen molar-refractivity contribution in [3.63, 3.8) is 0 Å². The molecular formula is C3H4N4O3. The van der Waals surface area contributed by atoms with Crippen LogP contribution in [0.25, 0.3) is 0 Å². The third-order valence-electron chi connectivity index (χ3n) is 0.521. The standard InChI is InChI=1S/C3H4N4O3/c4-1-2-5-3(8)6-7(9)10/h2H2,(H2,5,6,8). The Balaban J connectivity index is 3.47. The van der Waals surface area contributed by atoms with Crippen LogP contribution in [-0.4, -0.2) is 17.6 Å². The van der Waals surface area contributed by atoms with Crippen LogP contribution in [0.4, 0.5) is 4.79 Å². The summed E-state index contributed by atoms with van der Waals surface area (Å²) in [6, 6.07) is 0.583. The third-order valence-corrected chi connectivity index (χ3v) is 0.521. The molecule has 0 spiro atoms. The van der Waals surface area contributed by atoms with E-state index in [1.165, 1.54) is 5.43 Å². The lowest BCUT2D eigenvalue weighted by molar-refractivity contribution is -0.527. The number of hydrazine groups is 1. The first kappa shape index (κ1) is 8.16. The molecule has 0 aromatic rings. The molecule has 0 atom stereocenters. The van der Waals surface area contributed by atoms with Gasteiger partial charge in [0.2, 0.25) is 0 Å². The Kier molecular flexibility index (Phi) is 3.33. The Morgan fingerprint density at radius 2 is 2.40 bits per heavy atom. The number of nitrogens with one attached hydrogen (secondary N) is 2. The molecule has 0 radical (unpaired) electrons. The molecule has 54 valence electrons. The Labute approximate surface area is 55.7 Å². The number of hydrogen-bond donors (Lipinski definition) is 2. The van der Waals surface area contributed by atoms with Gasteiger partial charge in [-0.3, -0.25) is 0 Å². The normalized spacial score (nSPS) is 7.50. The molecule has 2 amide bonds. The fraction of sp³-hybridized carbons (Fsp3) is 0.333. The molecule has 2 N–H and O–H groups in total. The zero-order valence-corrected chi connectivity index (χ0v) is 4.83. The quantitative estimate of drug-likeness (QED) is 0.294. The number of rotatable bonds is 2. The molecule has 7 heteroatoms. The van der Waals surface area contributed by atoms with Gasteiger partial charge in [-0.15, -0.1) is 0 Å². The number of urea groups is 1. The van der Waals surface area contributed by atoms with Crippen molar-refractivity contribution < 1.29 is 9.83 Å². The van der Waals surface area contributed by atoms with Crippen LogP contribution in [0.2, 0.25) is 0 Å². The minimum absolute atomic E-state index is 0.250.